The molecule has 0 saturated heterocycles. The van der Waals surface area contributed by atoms with E-state index in [4.69, 9.17) is 0 Å². The largest absolute Gasteiger partial charge is 0.338 e. The zero-order valence-corrected chi connectivity index (χ0v) is 14.6. The van der Waals surface area contributed by atoms with Gasteiger partial charge in [0.05, 0.1) is 16.8 Å². The lowest BCUT2D eigenvalue weighted by Crippen LogP contribution is -2.13. The molecule has 8 heteroatoms. The van der Waals surface area contributed by atoms with Crippen molar-refractivity contribution in [2.75, 3.05) is 11.1 Å². The molecule has 1 amide bonds. The third kappa shape index (κ3) is 3.54. The first-order valence-electron chi connectivity index (χ1n) is 7.52. The quantitative estimate of drug-likeness (QED) is 0.524. The van der Waals surface area contributed by atoms with Gasteiger partial charge in [0.2, 0.25) is 5.91 Å². The second-order valence-corrected chi connectivity index (χ2v) is 6.99. The topological polar surface area (TPSA) is 83.6 Å². The molecule has 4 rings (SSSR count). The average Bonchev–Trinajstić information content (AvgIpc) is 3.29. The molecular formula is C17H13N5OS2. The van der Waals surface area contributed by atoms with Crippen molar-refractivity contribution < 1.29 is 4.79 Å². The van der Waals surface area contributed by atoms with Gasteiger partial charge in [-0.2, -0.15) is 0 Å². The molecule has 25 heavy (non-hydrogen) atoms. The summed E-state index contributed by atoms with van der Waals surface area (Å²) in [6.45, 7) is 0. The zero-order valence-electron chi connectivity index (χ0n) is 13.0. The molecule has 0 unspecified atom stereocenters. The second kappa shape index (κ2) is 7.04. The first kappa shape index (κ1) is 15.8. The summed E-state index contributed by atoms with van der Waals surface area (Å²) in [6, 6.07) is 11.7. The third-order valence-electron chi connectivity index (χ3n) is 3.43. The Morgan fingerprint density at radius 1 is 1.16 bits per heavy atom. The van der Waals surface area contributed by atoms with E-state index >= 15 is 0 Å². The molecule has 0 aliphatic carbocycles. The molecule has 0 bridgehead atoms. The Morgan fingerprint density at radius 2 is 2.08 bits per heavy atom. The van der Waals surface area contributed by atoms with Gasteiger partial charge in [-0.05, 0) is 24.3 Å². The van der Waals surface area contributed by atoms with Crippen LogP contribution in [0.5, 0.6) is 0 Å². The van der Waals surface area contributed by atoms with Gasteiger partial charge in [-0.1, -0.05) is 23.9 Å². The average molecular weight is 367 g/mol. The lowest BCUT2D eigenvalue weighted by atomic mass is 10.3. The first-order valence-corrected chi connectivity index (χ1v) is 9.38. The minimum absolute atomic E-state index is 0.110. The summed E-state index contributed by atoms with van der Waals surface area (Å²) >= 11 is 2.77. The van der Waals surface area contributed by atoms with Crippen molar-refractivity contribution in [1.29, 1.82) is 0 Å². The van der Waals surface area contributed by atoms with Crippen LogP contribution in [0.15, 0.2) is 59.2 Å². The van der Waals surface area contributed by atoms with Crippen LogP contribution in [0.25, 0.3) is 22.4 Å². The van der Waals surface area contributed by atoms with Crippen LogP contribution < -0.4 is 5.32 Å². The number of hydrogen-bond acceptors (Lipinski definition) is 6. The fraction of sp³-hybridized carbons (Fsp3) is 0.0588. The van der Waals surface area contributed by atoms with Crippen LogP contribution in [0.4, 0.5) is 5.13 Å². The summed E-state index contributed by atoms with van der Waals surface area (Å²) < 4.78 is 0. The van der Waals surface area contributed by atoms with Crippen molar-refractivity contribution in [1.82, 2.24) is 19.9 Å². The monoisotopic (exact) mass is 367 g/mol. The van der Waals surface area contributed by atoms with Gasteiger partial charge in [0.25, 0.3) is 0 Å². The number of benzene rings is 1. The van der Waals surface area contributed by atoms with Gasteiger partial charge in [0.15, 0.2) is 5.13 Å². The smallest absolute Gasteiger partial charge is 0.236 e. The third-order valence-corrected chi connectivity index (χ3v) is 5.13. The molecule has 4 aromatic rings. The normalized spacial score (nSPS) is 10.9. The Labute approximate surface area is 151 Å². The van der Waals surface area contributed by atoms with E-state index in [0.29, 0.717) is 5.13 Å². The minimum Gasteiger partial charge on any atom is -0.338 e. The molecular weight excluding hydrogens is 354 g/mol. The Bertz CT molecular complexity index is 980. The molecule has 6 nitrogen and oxygen atoms in total. The molecule has 0 spiro atoms. The van der Waals surface area contributed by atoms with E-state index < -0.39 is 0 Å². The van der Waals surface area contributed by atoms with E-state index in [0.717, 1.165) is 27.4 Å². The number of H-pyrrole nitrogens is 1. The maximum atomic E-state index is 12.1. The zero-order chi connectivity index (χ0) is 17.1. The van der Waals surface area contributed by atoms with Gasteiger partial charge >= 0.3 is 0 Å². The minimum atomic E-state index is -0.110. The Hall–Kier alpha value is -2.71. The number of thiazole rings is 1. The summed E-state index contributed by atoms with van der Waals surface area (Å²) in [4.78, 5) is 28.4. The highest BCUT2D eigenvalue weighted by Gasteiger charge is 2.13. The van der Waals surface area contributed by atoms with Crippen molar-refractivity contribution >= 4 is 45.2 Å². The van der Waals surface area contributed by atoms with Crippen LogP contribution in [-0.4, -0.2) is 31.6 Å². The standard InChI is InChI=1S/C17H13N5OS2/c23-14(22-17-19-8-9-24-17)10-25-16-11(4-3-7-18-16)15-20-12-5-1-2-6-13(12)21-15/h1-9H,10H2,(H,20,21)(H,19,22,23). The molecule has 1 aromatic carbocycles. The maximum absolute atomic E-state index is 12.1. The Balaban J connectivity index is 1.53. The number of carbonyl (C=O) groups excluding carboxylic acids is 1. The lowest BCUT2D eigenvalue weighted by molar-refractivity contribution is -0.113. The molecule has 124 valence electrons. The van der Waals surface area contributed by atoms with Crippen LogP contribution in [0.3, 0.4) is 0 Å². The SMILES string of the molecule is O=C(CSc1ncccc1-c1nc2ccccc2[nH]1)Nc1nccs1. The molecule has 0 saturated carbocycles. The van der Waals surface area contributed by atoms with Crippen LogP contribution in [-0.2, 0) is 4.79 Å². The molecule has 0 aliphatic rings. The molecule has 3 heterocycles. The van der Waals surface area contributed by atoms with Crippen LogP contribution >= 0.6 is 23.1 Å². The Morgan fingerprint density at radius 3 is 2.92 bits per heavy atom. The van der Waals surface area contributed by atoms with Crippen molar-refractivity contribution in [3.8, 4) is 11.4 Å². The van der Waals surface area contributed by atoms with Gasteiger partial charge in [0.1, 0.15) is 10.9 Å². The number of imidazole rings is 1. The van der Waals surface area contributed by atoms with Crippen molar-refractivity contribution in [3.63, 3.8) is 0 Å². The van der Waals surface area contributed by atoms with E-state index in [1.54, 1.807) is 12.4 Å². The summed E-state index contributed by atoms with van der Waals surface area (Å²) in [5.41, 5.74) is 2.75. The molecule has 2 N–H and O–H groups in total. The fourth-order valence-electron chi connectivity index (χ4n) is 2.34. The van der Waals surface area contributed by atoms with Crippen molar-refractivity contribution in [3.05, 3.63) is 54.2 Å². The molecule has 0 radical (unpaired) electrons. The summed E-state index contributed by atoms with van der Waals surface area (Å²) in [6.07, 6.45) is 3.37. The summed E-state index contributed by atoms with van der Waals surface area (Å²) in [5, 5.41) is 5.95. The number of para-hydroxylation sites is 2. The number of aromatic nitrogens is 4. The number of rotatable bonds is 5. The molecule has 0 atom stereocenters. The first-order chi connectivity index (χ1) is 12.3. The van der Waals surface area contributed by atoms with Crippen LogP contribution in [0, 0.1) is 0 Å². The van der Waals surface area contributed by atoms with E-state index in [9.17, 15) is 4.79 Å². The lowest BCUT2D eigenvalue weighted by Gasteiger charge is -2.05. The molecule has 3 aromatic heterocycles. The number of nitrogens with zero attached hydrogens (tertiary/aromatic N) is 3. The predicted molar refractivity (Wildman–Crippen MR) is 101 cm³/mol. The van der Waals surface area contributed by atoms with Crippen molar-refractivity contribution in [2.45, 2.75) is 5.03 Å². The number of hydrogen-bond donors (Lipinski definition) is 2. The van der Waals surface area contributed by atoms with Gasteiger partial charge in [-0.15, -0.1) is 11.3 Å². The summed E-state index contributed by atoms with van der Waals surface area (Å²) in [5.74, 6) is 0.891. The Kier molecular flexibility index (Phi) is 4.45. The number of thioether (sulfide) groups is 1. The van der Waals surface area contributed by atoms with Gasteiger partial charge < -0.3 is 10.3 Å². The molecule has 0 aliphatic heterocycles. The van der Waals surface area contributed by atoms with Crippen molar-refractivity contribution in [2.24, 2.45) is 0 Å². The van der Waals surface area contributed by atoms with E-state index in [1.165, 1.54) is 23.1 Å². The number of nitrogens with one attached hydrogen (secondary N) is 2. The fourth-order valence-corrected chi connectivity index (χ4v) is 3.68. The second-order valence-electron chi connectivity index (χ2n) is 5.13. The number of carbonyl (C=O) groups is 1. The van der Waals surface area contributed by atoms with Crippen LogP contribution in [0.2, 0.25) is 0 Å². The number of amides is 1. The predicted octanol–water partition coefficient (Wildman–Crippen LogP) is 3.81. The van der Waals surface area contributed by atoms with Gasteiger partial charge in [-0.3, -0.25) is 4.79 Å². The number of aromatic amines is 1. The number of pyridine rings is 1. The number of fused-ring (bicyclic) bond motifs is 1. The maximum Gasteiger partial charge on any atom is 0.236 e. The van der Waals surface area contributed by atoms with Crippen LogP contribution in [0.1, 0.15) is 0 Å². The summed E-state index contributed by atoms with van der Waals surface area (Å²) in [7, 11) is 0. The van der Waals surface area contributed by atoms with Gasteiger partial charge in [-0.25, -0.2) is 15.0 Å². The van der Waals surface area contributed by atoms with E-state index in [2.05, 4.69) is 25.3 Å². The highest BCUT2D eigenvalue weighted by Crippen LogP contribution is 2.29. The molecule has 0 fully saturated rings. The number of anilines is 1. The van der Waals surface area contributed by atoms with E-state index in [-0.39, 0.29) is 11.7 Å². The van der Waals surface area contributed by atoms with Gasteiger partial charge in [0, 0.05) is 23.3 Å². The highest BCUT2D eigenvalue weighted by atomic mass is 32.2. The van der Waals surface area contributed by atoms with E-state index in [1.807, 2.05) is 41.8 Å². The highest BCUT2D eigenvalue weighted by molar-refractivity contribution is 8.00.